The molecule has 0 unspecified atom stereocenters. The lowest BCUT2D eigenvalue weighted by atomic mass is 9.94. The van der Waals surface area contributed by atoms with Crippen LogP contribution in [0.1, 0.15) is 50.5 Å². The second-order valence-electron chi connectivity index (χ2n) is 13.4. The van der Waals surface area contributed by atoms with Crippen LogP contribution in [0.2, 0.25) is 0 Å². The summed E-state index contributed by atoms with van der Waals surface area (Å²) in [5, 5.41) is 15.7. The minimum atomic E-state index is -0.906. The maximum Gasteiger partial charge on any atom is 0.407 e. The third-order valence-electron chi connectivity index (χ3n) is 10.4. The fourth-order valence-electron chi connectivity index (χ4n) is 8.14. The van der Waals surface area contributed by atoms with Crippen molar-refractivity contribution in [1.29, 1.82) is 0 Å². The van der Waals surface area contributed by atoms with Crippen LogP contribution >= 0.6 is 0 Å². The molecular formula is C35H38F2N6O4. The van der Waals surface area contributed by atoms with Crippen LogP contribution in [0.3, 0.4) is 0 Å². The van der Waals surface area contributed by atoms with Crippen LogP contribution in [0.15, 0.2) is 36.5 Å². The van der Waals surface area contributed by atoms with Crippen molar-refractivity contribution < 1.29 is 28.2 Å². The first-order valence-electron chi connectivity index (χ1n) is 16.7. The number of hydrogen-bond donors (Lipinski definition) is 2. The number of pyridine rings is 1. The van der Waals surface area contributed by atoms with Crippen molar-refractivity contribution in [3.05, 3.63) is 47.9 Å². The molecule has 7 heterocycles. The summed E-state index contributed by atoms with van der Waals surface area (Å²) in [6, 6.07) is 8.85. The van der Waals surface area contributed by atoms with Crippen molar-refractivity contribution in [3.8, 4) is 23.0 Å². The first kappa shape index (κ1) is 30.0. The van der Waals surface area contributed by atoms with Crippen LogP contribution in [-0.4, -0.2) is 88.2 Å². The molecule has 246 valence electrons. The Hall–Kier alpha value is -4.32. The van der Waals surface area contributed by atoms with E-state index >= 15 is 4.39 Å². The monoisotopic (exact) mass is 644 g/mol. The molecule has 0 spiro atoms. The fraction of sp³-hybridized carbons (Fsp3) is 0.486. The molecule has 3 atom stereocenters. The number of phenolic OH excluding ortho intramolecular Hbond substituents is 1. The zero-order valence-electron chi connectivity index (χ0n) is 26.2. The molecule has 6 bridgehead atoms. The minimum absolute atomic E-state index is 0.0114. The number of aromatic hydroxyl groups is 1. The summed E-state index contributed by atoms with van der Waals surface area (Å²) >= 11 is 0. The number of halogens is 2. The second-order valence-corrected chi connectivity index (χ2v) is 13.4. The van der Waals surface area contributed by atoms with Crippen molar-refractivity contribution >= 4 is 33.6 Å². The third-order valence-corrected chi connectivity index (χ3v) is 10.4. The number of hydrogen-bond acceptors (Lipinski definition) is 9. The molecule has 0 radical (unpaired) electrons. The molecule has 0 saturated carbocycles. The van der Waals surface area contributed by atoms with Crippen LogP contribution in [0, 0.1) is 5.82 Å². The summed E-state index contributed by atoms with van der Waals surface area (Å²) in [6.07, 6.45) is 5.78. The summed E-state index contributed by atoms with van der Waals surface area (Å²) < 4.78 is 43.3. The van der Waals surface area contributed by atoms with E-state index in [9.17, 15) is 14.3 Å². The van der Waals surface area contributed by atoms with E-state index < -0.39 is 23.6 Å². The highest BCUT2D eigenvalue weighted by Gasteiger charge is 2.49. The van der Waals surface area contributed by atoms with Gasteiger partial charge in [-0.1, -0.05) is 18.2 Å². The first-order chi connectivity index (χ1) is 22.9. The predicted octanol–water partition coefficient (Wildman–Crippen LogP) is 5.68. The van der Waals surface area contributed by atoms with Gasteiger partial charge >= 0.3 is 12.1 Å². The number of nitrogens with one attached hydrogen (secondary N) is 1. The van der Waals surface area contributed by atoms with Gasteiger partial charge in [0.1, 0.15) is 35.6 Å². The van der Waals surface area contributed by atoms with E-state index in [1.54, 1.807) is 12.3 Å². The van der Waals surface area contributed by atoms with Crippen molar-refractivity contribution in [1.82, 2.24) is 25.2 Å². The molecule has 5 aliphatic heterocycles. The highest BCUT2D eigenvalue weighted by molar-refractivity contribution is 6.01. The van der Waals surface area contributed by atoms with Gasteiger partial charge in [-0.15, -0.1) is 0 Å². The van der Waals surface area contributed by atoms with E-state index in [0.29, 0.717) is 62.1 Å². The van der Waals surface area contributed by atoms with Crippen molar-refractivity contribution in [2.24, 2.45) is 0 Å². The van der Waals surface area contributed by atoms with Crippen LogP contribution in [0.4, 0.5) is 19.4 Å². The normalized spacial score (nSPS) is 25.1. The molecule has 10 nitrogen and oxygen atoms in total. The van der Waals surface area contributed by atoms with Gasteiger partial charge in [-0.3, -0.25) is 9.88 Å². The number of anilines is 1. The van der Waals surface area contributed by atoms with E-state index in [0.717, 1.165) is 48.6 Å². The summed E-state index contributed by atoms with van der Waals surface area (Å²) in [7, 11) is 0. The number of rotatable bonds is 3. The molecule has 3 fully saturated rings. The van der Waals surface area contributed by atoms with Crippen LogP contribution in [-0.2, 0) is 11.2 Å². The Balaban J connectivity index is 1.28. The molecule has 0 aliphatic carbocycles. The number of aryl methyl sites for hydroxylation is 1. The number of alkyl halides is 1. The number of carbonyl (C=O) groups is 1. The van der Waals surface area contributed by atoms with Crippen molar-refractivity contribution in [2.45, 2.75) is 69.1 Å². The summed E-state index contributed by atoms with van der Waals surface area (Å²) in [5.41, 5.74) is 1.07. The average molecular weight is 645 g/mol. The highest BCUT2D eigenvalue weighted by Crippen LogP contribution is 2.42. The highest BCUT2D eigenvalue weighted by atomic mass is 19.1. The number of carbonyl (C=O) groups excluding carboxylic acids is 1. The summed E-state index contributed by atoms with van der Waals surface area (Å²) in [6.45, 7) is 2.86. The van der Waals surface area contributed by atoms with Gasteiger partial charge in [0.15, 0.2) is 5.82 Å². The quantitative estimate of drug-likeness (QED) is 0.291. The van der Waals surface area contributed by atoms with Gasteiger partial charge < -0.3 is 24.8 Å². The van der Waals surface area contributed by atoms with Gasteiger partial charge in [0.2, 0.25) is 0 Å². The van der Waals surface area contributed by atoms with Gasteiger partial charge in [-0.2, -0.15) is 9.97 Å². The topological polar surface area (TPSA) is 113 Å². The Morgan fingerprint density at radius 3 is 2.96 bits per heavy atom. The molecule has 4 aromatic rings. The second kappa shape index (κ2) is 12.0. The lowest BCUT2D eigenvalue weighted by Gasteiger charge is -2.31. The zero-order chi connectivity index (χ0) is 32.1. The number of benzene rings is 2. The van der Waals surface area contributed by atoms with Gasteiger partial charge in [-0.25, -0.2) is 13.6 Å². The Labute approximate surface area is 271 Å². The largest absolute Gasteiger partial charge is 0.508 e. The maximum absolute atomic E-state index is 16.9. The molecule has 3 saturated heterocycles. The Bertz CT molecular complexity index is 1860. The third kappa shape index (κ3) is 5.56. The summed E-state index contributed by atoms with van der Waals surface area (Å²) in [5.74, 6) is -0.139. The molecule has 2 aromatic heterocycles. The molecule has 2 aromatic carbocycles. The van der Waals surface area contributed by atoms with E-state index in [-0.39, 0.29) is 42.2 Å². The first-order valence-corrected chi connectivity index (χ1v) is 16.7. The molecule has 47 heavy (non-hydrogen) atoms. The number of alkyl carbamates (subject to hydrolysis) is 1. The van der Waals surface area contributed by atoms with Crippen LogP contribution in [0.5, 0.6) is 11.8 Å². The standard InChI is InChI=1S/C35H38F2N6O4/c36-23-17-35(10-4-12-43(35)19-23)20-47-33-40-31-27-18-38-30(29(31)37)26-16-25(44)15-22-6-1-5-21(28(22)26)7-3-14-46-34(45)39-24-8-2-11-42(13-9-24)32(27)41-33/h1,5-6,15-16,18,23-24,44H,2-4,7-14,17,19-20H2,(H,39,45)/t23-,24+,35+/m1/s1. The number of fused-ring (bicyclic) bond motifs is 7. The molecular weight excluding hydrogens is 606 g/mol. The average Bonchev–Trinajstić information content (AvgIpc) is 3.47. The molecule has 1 amide bonds. The maximum atomic E-state index is 16.9. The fourth-order valence-corrected chi connectivity index (χ4v) is 8.14. The molecule has 2 N–H and O–H groups in total. The Kier molecular flexibility index (Phi) is 7.70. The van der Waals surface area contributed by atoms with E-state index in [2.05, 4.69) is 25.1 Å². The molecule has 9 rings (SSSR count). The summed E-state index contributed by atoms with van der Waals surface area (Å²) in [4.78, 5) is 31.0. The smallest absolute Gasteiger partial charge is 0.407 e. The van der Waals surface area contributed by atoms with E-state index in [1.807, 2.05) is 18.2 Å². The predicted molar refractivity (Wildman–Crippen MR) is 173 cm³/mol. The molecule has 5 aliphatic rings. The van der Waals surface area contributed by atoms with Crippen molar-refractivity contribution in [2.75, 3.05) is 44.3 Å². The van der Waals surface area contributed by atoms with Crippen LogP contribution < -0.4 is 15.0 Å². The minimum Gasteiger partial charge on any atom is -0.508 e. The van der Waals surface area contributed by atoms with Crippen LogP contribution in [0.25, 0.3) is 32.9 Å². The molecule has 12 heteroatoms. The number of phenols is 1. The van der Waals surface area contributed by atoms with E-state index in [4.69, 9.17) is 14.5 Å². The SMILES string of the molecule is O=C1N[C@H]2CCCN(CC2)c2nc(OC[C@@]34CCCN3C[C@H](F)C4)nc3c(F)c(ncc23)-c2cc(O)cc3cccc(c23)CCCO1. The number of amides is 1. The van der Waals surface area contributed by atoms with Gasteiger partial charge in [-0.05, 0) is 80.0 Å². The van der Waals surface area contributed by atoms with Gasteiger partial charge in [0, 0.05) is 43.9 Å². The number of aromatic nitrogens is 3. The lowest BCUT2D eigenvalue weighted by Crippen LogP contribution is -2.43. The zero-order valence-corrected chi connectivity index (χ0v) is 26.2. The van der Waals surface area contributed by atoms with Gasteiger partial charge in [0.05, 0.1) is 17.5 Å². The Morgan fingerprint density at radius 2 is 2.04 bits per heavy atom. The Morgan fingerprint density at radius 1 is 1.13 bits per heavy atom. The van der Waals surface area contributed by atoms with E-state index in [1.165, 1.54) is 6.07 Å². The van der Waals surface area contributed by atoms with Crippen molar-refractivity contribution in [3.63, 3.8) is 0 Å². The van der Waals surface area contributed by atoms with Gasteiger partial charge in [0.25, 0.3) is 0 Å². The number of nitrogens with zero attached hydrogens (tertiary/aromatic N) is 5. The lowest BCUT2D eigenvalue weighted by molar-refractivity contribution is 0.107. The number of ether oxygens (including phenoxy) is 2.